The van der Waals surface area contributed by atoms with Gasteiger partial charge in [0.25, 0.3) is 5.91 Å². The molecule has 0 aliphatic carbocycles. The Bertz CT molecular complexity index is 606. The van der Waals surface area contributed by atoms with Gasteiger partial charge in [-0.15, -0.1) is 0 Å². The van der Waals surface area contributed by atoms with E-state index in [-0.39, 0.29) is 5.91 Å². The number of hydrogen-bond acceptors (Lipinski definition) is 3. The molecule has 0 radical (unpaired) electrons. The van der Waals surface area contributed by atoms with Crippen LogP contribution in [0.25, 0.3) is 0 Å². The third kappa shape index (κ3) is 4.07. The third-order valence-electron chi connectivity index (χ3n) is 3.14. The van der Waals surface area contributed by atoms with Crippen molar-refractivity contribution in [1.29, 1.82) is 0 Å². The summed E-state index contributed by atoms with van der Waals surface area (Å²) in [4.78, 5) is 12.2. The Kier molecular flexibility index (Phi) is 4.95. The van der Waals surface area contributed by atoms with Gasteiger partial charge in [-0.3, -0.25) is 10.2 Å². The fourth-order valence-corrected chi connectivity index (χ4v) is 2.12. The molecule has 0 heterocycles. The fourth-order valence-electron chi connectivity index (χ4n) is 2.12. The zero-order chi connectivity index (χ0) is 15.2. The maximum Gasteiger partial charge on any atom is 0.265 e. The monoisotopic (exact) mass is 284 g/mol. The molecule has 0 bridgehead atoms. The van der Waals surface area contributed by atoms with E-state index in [1.807, 2.05) is 48.5 Å². The van der Waals surface area contributed by atoms with Gasteiger partial charge in [0, 0.05) is 19.7 Å². The molecule has 2 aromatic rings. The van der Waals surface area contributed by atoms with Crippen LogP contribution in [0.1, 0.15) is 21.5 Å². The lowest BCUT2D eigenvalue weighted by Crippen LogP contribution is -2.36. The summed E-state index contributed by atoms with van der Waals surface area (Å²) in [7, 11) is 5.24. The normalized spacial score (nSPS) is 10.5. The number of benzene rings is 2. The summed E-state index contributed by atoms with van der Waals surface area (Å²) < 4.78 is 5.16. The van der Waals surface area contributed by atoms with Crippen molar-refractivity contribution in [3.63, 3.8) is 0 Å². The molecule has 0 aromatic heterocycles. The fraction of sp³-hybridized carbons (Fsp3) is 0.235. The van der Waals surface area contributed by atoms with Crippen molar-refractivity contribution in [1.82, 2.24) is 10.4 Å². The smallest absolute Gasteiger partial charge is 0.265 e. The number of nitrogens with zero attached hydrogens (tertiary/aromatic N) is 1. The Balaban J connectivity index is 2.21. The number of rotatable bonds is 5. The molecular weight excluding hydrogens is 264 g/mol. The summed E-state index contributed by atoms with van der Waals surface area (Å²) in [5, 5.41) is 1.65. The Hall–Kier alpha value is -2.33. The highest BCUT2D eigenvalue weighted by Gasteiger charge is 2.11. The van der Waals surface area contributed by atoms with E-state index in [0.29, 0.717) is 12.0 Å². The SMILES string of the molecule is COc1ccc(Cc2ccccc2C(=O)NN(C)C)cc1. The van der Waals surface area contributed by atoms with Crippen molar-refractivity contribution in [2.75, 3.05) is 21.2 Å². The average molecular weight is 284 g/mol. The molecule has 1 amide bonds. The minimum Gasteiger partial charge on any atom is -0.497 e. The number of hydrazine groups is 1. The molecule has 1 N–H and O–H groups in total. The van der Waals surface area contributed by atoms with Crippen LogP contribution in [-0.4, -0.2) is 32.1 Å². The first-order valence-electron chi connectivity index (χ1n) is 6.79. The third-order valence-corrected chi connectivity index (χ3v) is 3.14. The van der Waals surface area contributed by atoms with Gasteiger partial charge in [0.15, 0.2) is 0 Å². The highest BCUT2D eigenvalue weighted by atomic mass is 16.5. The van der Waals surface area contributed by atoms with Gasteiger partial charge in [-0.2, -0.15) is 0 Å². The molecule has 2 aromatic carbocycles. The second-order valence-corrected chi connectivity index (χ2v) is 5.02. The van der Waals surface area contributed by atoms with Crippen molar-refractivity contribution in [2.45, 2.75) is 6.42 Å². The van der Waals surface area contributed by atoms with Crippen LogP contribution in [0, 0.1) is 0 Å². The van der Waals surface area contributed by atoms with Crippen molar-refractivity contribution >= 4 is 5.91 Å². The van der Waals surface area contributed by atoms with E-state index in [1.165, 1.54) is 0 Å². The number of amides is 1. The molecular formula is C17H20N2O2. The zero-order valence-electron chi connectivity index (χ0n) is 12.6. The molecule has 0 saturated heterocycles. The zero-order valence-corrected chi connectivity index (χ0v) is 12.6. The molecule has 4 heteroatoms. The lowest BCUT2D eigenvalue weighted by Gasteiger charge is -2.14. The van der Waals surface area contributed by atoms with Crippen molar-refractivity contribution < 1.29 is 9.53 Å². The molecule has 0 unspecified atom stereocenters. The topological polar surface area (TPSA) is 41.6 Å². The molecule has 0 fully saturated rings. The number of nitrogens with one attached hydrogen (secondary N) is 1. The summed E-state index contributed by atoms with van der Waals surface area (Å²) in [5.74, 6) is 0.737. The molecule has 110 valence electrons. The number of methoxy groups -OCH3 is 1. The standard InChI is InChI=1S/C17H20N2O2/c1-19(2)18-17(20)16-7-5-4-6-14(16)12-13-8-10-15(21-3)11-9-13/h4-11H,12H2,1-3H3,(H,18,20). The lowest BCUT2D eigenvalue weighted by atomic mass is 9.99. The Morgan fingerprint density at radius 2 is 1.76 bits per heavy atom. The molecule has 0 aliphatic heterocycles. The number of carbonyl (C=O) groups excluding carboxylic acids is 1. The van der Waals surface area contributed by atoms with E-state index < -0.39 is 0 Å². The van der Waals surface area contributed by atoms with Gasteiger partial charge in [0.1, 0.15) is 5.75 Å². The molecule has 0 spiro atoms. The van der Waals surface area contributed by atoms with Gasteiger partial charge < -0.3 is 4.74 Å². The van der Waals surface area contributed by atoms with Crippen molar-refractivity contribution in [2.24, 2.45) is 0 Å². The van der Waals surface area contributed by atoms with Gasteiger partial charge in [-0.1, -0.05) is 30.3 Å². The van der Waals surface area contributed by atoms with Crippen molar-refractivity contribution in [3.05, 3.63) is 65.2 Å². The van der Waals surface area contributed by atoms with Crippen LogP contribution in [-0.2, 0) is 6.42 Å². The van der Waals surface area contributed by atoms with Crippen LogP contribution in [0.15, 0.2) is 48.5 Å². The van der Waals surface area contributed by atoms with Crippen molar-refractivity contribution in [3.8, 4) is 5.75 Å². The van der Waals surface area contributed by atoms with Crippen LogP contribution in [0.3, 0.4) is 0 Å². The summed E-state index contributed by atoms with van der Waals surface area (Å²) in [6.45, 7) is 0. The maximum atomic E-state index is 12.2. The van der Waals surface area contributed by atoms with Crippen LogP contribution in [0.4, 0.5) is 0 Å². The van der Waals surface area contributed by atoms with Gasteiger partial charge in [0.2, 0.25) is 0 Å². The van der Waals surface area contributed by atoms with Crippen LogP contribution < -0.4 is 10.2 Å². The van der Waals surface area contributed by atoms with E-state index in [0.717, 1.165) is 16.9 Å². The number of ether oxygens (including phenoxy) is 1. The second kappa shape index (κ2) is 6.90. The van der Waals surface area contributed by atoms with Gasteiger partial charge >= 0.3 is 0 Å². The predicted octanol–water partition coefficient (Wildman–Crippen LogP) is 2.49. The first-order chi connectivity index (χ1) is 10.1. The molecule has 4 nitrogen and oxygen atoms in total. The summed E-state index contributed by atoms with van der Waals surface area (Å²) in [6, 6.07) is 15.5. The highest BCUT2D eigenvalue weighted by Crippen LogP contribution is 2.17. The van der Waals surface area contributed by atoms with Gasteiger partial charge in [-0.05, 0) is 35.7 Å². The predicted molar refractivity (Wildman–Crippen MR) is 83.4 cm³/mol. The molecule has 2 rings (SSSR count). The largest absolute Gasteiger partial charge is 0.497 e. The van der Waals surface area contributed by atoms with Crippen LogP contribution in [0.2, 0.25) is 0 Å². The van der Waals surface area contributed by atoms with E-state index in [4.69, 9.17) is 4.74 Å². The molecule has 21 heavy (non-hydrogen) atoms. The molecule has 0 aliphatic rings. The first kappa shape index (κ1) is 15.1. The minimum atomic E-state index is -0.0934. The highest BCUT2D eigenvalue weighted by molar-refractivity contribution is 5.95. The first-order valence-corrected chi connectivity index (χ1v) is 6.79. The minimum absolute atomic E-state index is 0.0934. The number of carbonyl (C=O) groups is 1. The summed E-state index contributed by atoms with van der Waals surface area (Å²) in [5.41, 5.74) is 5.62. The Morgan fingerprint density at radius 1 is 1.10 bits per heavy atom. The Labute approximate surface area is 125 Å². The van der Waals surface area contributed by atoms with Gasteiger partial charge in [0.05, 0.1) is 7.11 Å². The van der Waals surface area contributed by atoms with E-state index in [9.17, 15) is 4.79 Å². The quantitative estimate of drug-likeness (QED) is 0.858. The average Bonchev–Trinajstić information content (AvgIpc) is 2.48. The molecule has 0 atom stereocenters. The number of hydrogen-bond donors (Lipinski definition) is 1. The Morgan fingerprint density at radius 3 is 2.38 bits per heavy atom. The van der Waals surface area contributed by atoms with Crippen LogP contribution in [0.5, 0.6) is 5.75 Å². The molecule has 0 saturated carbocycles. The lowest BCUT2D eigenvalue weighted by molar-refractivity contribution is 0.0856. The summed E-state index contributed by atoms with van der Waals surface area (Å²) in [6.07, 6.45) is 0.709. The van der Waals surface area contributed by atoms with Crippen LogP contribution >= 0.6 is 0 Å². The van der Waals surface area contributed by atoms with Gasteiger partial charge in [-0.25, -0.2) is 5.01 Å². The maximum absolute atomic E-state index is 12.2. The van der Waals surface area contributed by atoms with E-state index in [1.54, 1.807) is 26.2 Å². The van der Waals surface area contributed by atoms with E-state index in [2.05, 4.69) is 5.43 Å². The van der Waals surface area contributed by atoms with E-state index >= 15 is 0 Å². The summed E-state index contributed by atoms with van der Waals surface area (Å²) >= 11 is 0. The second-order valence-electron chi connectivity index (χ2n) is 5.02.